The molecule has 0 saturated heterocycles. The summed E-state index contributed by atoms with van der Waals surface area (Å²) < 4.78 is 36.6. The second-order valence-corrected chi connectivity index (χ2v) is 4.54. The lowest BCUT2D eigenvalue weighted by molar-refractivity contribution is -0.141. The van der Waals surface area contributed by atoms with Gasteiger partial charge in [0.15, 0.2) is 0 Å². The van der Waals surface area contributed by atoms with Crippen LogP contribution < -0.4 is 5.73 Å². The van der Waals surface area contributed by atoms with Gasteiger partial charge in [-0.2, -0.15) is 13.2 Å². The van der Waals surface area contributed by atoms with Gasteiger partial charge in [0.25, 0.3) is 0 Å². The van der Waals surface area contributed by atoms with Crippen LogP contribution in [-0.2, 0) is 12.6 Å². The Balaban J connectivity index is 2.66. The number of aromatic nitrogens is 1. The highest BCUT2D eigenvalue weighted by Crippen LogP contribution is 2.27. The van der Waals surface area contributed by atoms with Crippen LogP contribution in [0.25, 0.3) is 0 Å². The molecular weight excluding hydrogens is 217 g/mol. The van der Waals surface area contributed by atoms with Crippen molar-refractivity contribution in [3.05, 3.63) is 29.6 Å². The van der Waals surface area contributed by atoms with Crippen molar-refractivity contribution in [3.8, 4) is 0 Å². The summed E-state index contributed by atoms with van der Waals surface area (Å²) in [5.74, 6) is 0. The van der Waals surface area contributed by atoms with Crippen molar-refractivity contribution < 1.29 is 13.2 Å². The van der Waals surface area contributed by atoms with Crippen LogP contribution in [0.2, 0.25) is 0 Å². The lowest BCUT2D eigenvalue weighted by Crippen LogP contribution is -2.32. The first-order valence-corrected chi connectivity index (χ1v) is 4.99. The summed E-state index contributed by atoms with van der Waals surface area (Å²) in [6.45, 7) is 3.76. The fourth-order valence-electron chi connectivity index (χ4n) is 1.21. The first kappa shape index (κ1) is 13.0. The van der Waals surface area contributed by atoms with E-state index in [1.54, 1.807) is 0 Å². The summed E-state index contributed by atoms with van der Waals surface area (Å²) in [6.07, 6.45) is -1.77. The first-order chi connectivity index (χ1) is 7.18. The molecule has 2 nitrogen and oxygen atoms in total. The molecule has 2 N–H and O–H groups in total. The Hall–Kier alpha value is -1.10. The zero-order chi connectivity index (χ0) is 12.4. The Labute approximate surface area is 92.7 Å². The number of pyridine rings is 1. The molecule has 1 aromatic rings. The molecule has 0 fully saturated rings. The van der Waals surface area contributed by atoms with Crippen LogP contribution in [-0.4, -0.2) is 10.5 Å². The van der Waals surface area contributed by atoms with Crippen molar-refractivity contribution >= 4 is 0 Å². The maximum absolute atomic E-state index is 12.2. The van der Waals surface area contributed by atoms with Gasteiger partial charge in [-0.1, -0.05) is 6.07 Å². The highest BCUT2D eigenvalue weighted by atomic mass is 19.4. The van der Waals surface area contributed by atoms with E-state index in [0.29, 0.717) is 12.8 Å². The van der Waals surface area contributed by atoms with Crippen molar-refractivity contribution in [3.63, 3.8) is 0 Å². The lowest BCUT2D eigenvalue weighted by Gasteiger charge is -2.17. The number of aryl methyl sites for hydroxylation is 1. The molecule has 90 valence electrons. The van der Waals surface area contributed by atoms with Crippen LogP contribution in [0.15, 0.2) is 18.3 Å². The zero-order valence-corrected chi connectivity index (χ0v) is 9.30. The van der Waals surface area contributed by atoms with Gasteiger partial charge in [-0.25, -0.2) is 0 Å². The predicted octanol–water partition coefficient (Wildman–Crippen LogP) is 2.77. The summed E-state index contributed by atoms with van der Waals surface area (Å²) in [7, 11) is 0. The maximum atomic E-state index is 12.2. The number of halogens is 3. The molecule has 16 heavy (non-hydrogen) atoms. The Kier molecular flexibility index (Phi) is 3.57. The normalized spacial score (nSPS) is 12.9. The van der Waals surface area contributed by atoms with Gasteiger partial charge in [0, 0.05) is 11.7 Å². The summed E-state index contributed by atoms with van der Waals surface area (Å²) in [5.41, 5.74) is 5.38. The molecule has 0 aliphatic carbocycles. The number of alkyl halides is 3. The van der Waals surface area contributed by atoms with E-state index in [1.165, 1.54) is 12.3 Å². The van der Waals surface area contributed by atoms with E-state index in [4.69, 9.17) is 5.73 Å². The van der Waals surface area contributed by atoms with Gasteiger partial charge in [0.2, 0.25) is 0 Å². The molecule has 0 amide bonds. The van der Waals surface area contributed by atoms with Crippen LogP contribution in [0.1, 0.15) is 31.5 Å². The van der Waals surface area contributed by atoms with E-state index in [-0.39, 0.29) is 5.54 Å². The van der Waals surface area contributed by atoms with E-state index in [0.717, 1.165) is 11.6 Å². The van der Waals surface area contributed by atoms with Crippen LogP contribution in [0, 0.1) is 0 Å². The lowest BCUT2D eigenvalue weighted by atomic mass is 9.97. The van der Waals surface area contributed by atoms with Crippen molar-refractivity contribution in [1.82, 2.24) is 4.98 Å². The largest absolute Gasteiger partial charge is 0.433 e. The van der Waals surface area contributed by atoms with Crippen LogP contribution in [0.4, 0.5) is 13.2 Å². The van der Waals surface area contributed by atoms with Crippen LogP contribution >= 0.6 is 0 Å². The molecule has 0 aromatic carbocycles. The van der Waals surface area contributed by atoms with Gasteiger partial charge in [0.1, 0.15) is 5.69 Å². The molecule has 0 unspecified atom stereocenters. The Morgan fingerprint density at radius 2 is 1.88 bits per heavy atom. The third kappa shape index (κ3) is 4.18. The van der Waals surface area contributed by atoms with Gasteiger partial charge in [0.05, 0.1) is 0 Å². The average Bonchev–Trinajstić information content (AvgIpc) is 2.13. The smallest absolute Gasteiger partial charge is 0.326 e. The van der Waals surface area contributed by atoms with Gasteiger partial charge in [-0.15, -0.1) is 0 Å². The molecule has 5 heteroatoms. The van der Waals surface area contributed by atoms with E-state index in [9.17, 15) is 13.2 Å². The molecule has 1 heterocycles. The first-order valence-electron chi connectivity index (χ1n) is 4.99. The number of hydrogen-bond donors (Lipinski definition) is 1. The van der Waals surface area contributed by atoms with Gasteiger partial charge in [-0.05, 0) is 38.3 Å². The summed E-state index contributed by atoms with van der Waals surface area (Å²) in [4.78, 5) is 3.38. The highest BCUT2D eigenvalue weighted by Gasteiger charge is 2.31. The number of nitrogens with two attached hydrogens (primary N) is 1. The van der Waals surface area contributed by atoms with E-state index in [2.05, 4.69) is 4.98 Å². The fourth-order valence-corrected chi connectivity index (χ4v) is 1.21. The third-order valence-electron chi connectivity index (χ3n) is 2.17. The molecule has 1 rings (SSSR count). The summed E-state index contributed by atoms with van der Waals surface area (Å²) in [6, 6.07) is 2.44. The van der Waals surface area contributed by atoms with Crippen molar-refractivity contribution in [2.24, 2.45) is 5.73 Å². The molecule has 0 atom stereocenters. The number of rotatable bonds is 3. The fraction of sp³-hybridized carbons (Fsp3) is 0.545. The predicted molar refractivity (Wildman–Crippen MR) is 55.8 cm³/mol. The molecule has 0 aliphatic heterocycles. The molecule has 0 bridgehead atoms. The molecule has 1 aromatic heterocycles. The van der Waals surface area contributed by atoms with Crippen molar-refractivity contribution in [1.29, 1.82) is 0 Å². The minimum atomic E-state index is -4.37. The summed E-state index contributed by atoms with van der Waals surface area (Å²) in [5, 5.41) is 0. The number of nitrogens with zero attached hydrogens (tertiary/aromatic N) is 1. The van der Waals surface area contributed by atoms with Gasteiger partial charge < -0.3 is 5.73 Å². The van der Waals surface area contributed by atoms with E-state index in [1.807, 2.05) is 13.8 Å². The summed E-state index contributed by atoms with van der Waals surface area (Å²) >= 11 is 0. The number of hydrogen-bond acceptors (Lipinski definition) is 2. The minimum Gasteiger partial charge on any atom is -0.326 e. The molecule has 0 radical (unpaired) electrons. The Bertz CT molecular complexity index is 336. The van der Waals surface area contributed by atoms with Gasteiger partial charge >= 0.3 is 6.18 Å². The van der Waals surface area contributed by atoms with Crippen LogP contribution in [0.3, 0.4) is 0 Å². The molecule has 0 aliphatic rings. The Morgan fingerprint density at radius 3 is 2.25 bits per heavy atom. The standard InChI is InChI=1S/C11H15F3N2/c1-10(2,15)6-5-8-3-4-9(16-7-8)11(12,13)14/h3-4,7H,5-6,15H2,1-2H3. The van der Waals surface area contributed by atoms with Crippen molar-refractivity contribution in [2.45, 2.75) is 38.4 Å². The maximum Gasteiger partial charge on any atom is 0.433 e. The monoisotopic (exact) mass is 232 g/mol. The van der Waals surface area contributed by atoms with E-state index >= 15 is 0 Å². The quantitative estimate of drug-likeness (QED) is 0.870. The molecule has 0 saturated carbocycles. The topological polar surface area (TPSA) is 38.9 Å². The second kappa shape index (κ2) is 4.41. The molecule has 0 spiro atoms. The highest BCUT2D eigenvalue weighted by molar-refractivity contribution is 5.16. The van der Waals surface area contributed by atoms with E-state index < -0.39 is 11.9 Å². The van der Waals surface area contributed by atoms with Crippen molar-refractivity contribution in [2.75, 3.05) is 0 Å². The zero-order valence-electron chi connectivity index (χ0n) is 9.30. The van der Waals surface area contributed by atoms with Gasteiger partial charge in [-0.3, -0.25) is 4.98 Å². The SMILES string of the molecule is CC(C)(N)CCc1ccc(C(F)(F)F)nc1. The third-order valence-corrected chi connectivity index (χ3v) is 2.17. The Morgan fingerprint density at radius 1 is 1.25 bits per heavy atom. The molecular formula is C11H15F3N2. The average molecular weight is 232 g/mol. The minimum absolute atomic E-state index is 0.317. The van der Waals surface area contributed by atoms with Crippen LogP contribution in [0.5, 0.6) is 0 Å². The second-order valence-electron chi connectivity index (χ2n) is 4.54.